The molecule has 0 aromatic heterocycles. The Labute approximate surface area is 147 Å². The van der Waals surface area contributed by atoms with Crippen LogP contribution in [0.15, 0.2) is 78.9 Å². The van der Waals surface area contributed by atoms with Gasteiger partial charge in [-0.3, -0.25) is 0 Å². The van der Waals surface area contributed by atoms with Crippen molar-refractivity contribution in [2.45, 2.75) is 13.1 Å². The van der Waals surface area contributed by atoms with E-state index in [-0.39, 0.29) is 5.46 Å². The van der Waals surface area contributed by atoms with Crippen molar-refractivity contribution in [3.63, 3.8) is 0 Å². The number of anilines is 1. The Balaban J connectivity index is 1.97. The first-order chi connectivity index (χ1) is 12.1. The van der Waals surface area contributed by atoms with Crippen LogP contribution in [-0.2, 0) is 13.1 Å². The lowest BCUT2D eigenvalue weighted by Crippen LogP contribution is -2.32. The van der Waals surface area contributed by atoms with Crippen LogP contribution >= 0.6 is 0 Å². The van der Waals surface area contributed by atoms with Gasteiger partial charge in [0.25, 0.3) is 0 Å². The first kappa shape index (κ1) is 17.2. The molecular formula is C20H19BFNO2. The third-order valence-corrected chi connectivity index (χ3v) is 4.04. The highest BCUT2D eigenvalue weighted by Gasteiger charge is 2.18. The molecule has 3 nitrogen and oxygen atoms in total. The first-order valence-corrected chi connectivity index (χ1v) is 8.12. The van der Waals surface area contributed by atoms with E-state index in [1.165, 1.54) is 18.2 Å². The molecule has 0 heterocycles. The molecule has 0 atom stereocenters. The molecule has 0 fully saturated rings. The van der Waals surface area contributed by atoms with E-state index in [0.717, 1.165) is 11.1 Å². The molecule has 3 rings (SSSR count). The lowest BCUT2D eigenvalue weighted by atomic mass is 9.80. The Hall–Kier alpha value is -2.63. The molecule has 0 spiro atoms. The second-order valence-corrected chi connectivity index (χ2v) is 5.91. The molecule has 0 aliphatic carbocycles. The number of benzene rings is 3. The van der Waals surface area contributed by atoms with E-state index < -0.39 is 12.9 Å². The number of halogens is 1. The quantitative estimate of drug-likeness (QED) is 0.681. The van der Waals surface area contributed by atoms with Crippen molar-refractivity contribution in [2.24, 2.45) is 0 Å². The van der Waals surface area contributed by atoms with Crippen LogP contribution in [0.4, 0.5) is 10.1 Å². The summed E-state index contributed by atoms with van der Waals surface area (Å²) in [6.45, 7) is 1.02. The highest BCUT2D eigenvalue weighted by atomic mass is 19.1. The zero-order valence-electron chi connectivity index (χ0n) is 13.7. The van der Waals surface area contributed by atoms with Gasteiger partial charge in [0, 0.05) is 13.1 Å². The summed E-state index contributed by atoms with van der Waals surface area (Å²) >= 11 is 0. The van der Waals surface area contributed by atoms with Gasteiger partial charge in [0.15, 0.2) is 0 Å². The minimum absolute atomic E-state index is 0.266. The third-order valence-electron chi connectivity index (χ3n) is 4.04. The smallest absolute Gasteiger partial charge is 0.423 e. The third kappa shape index (κ3) is 4.47. The monoisotopic (exact) mass is 335 g/mol. The summed E-state index contributed by atoms with van der Waals surface area (Å²) in [6.07, 6.45) is 0. The Bertz CT molecular complexity index is 771. The van der Waals surface area contributed by atoms with Gasteiger partial charge in [0.2, 0.25) is 0 Å². The molecule has 3 aromatic rings. The van der Waals surface area contributed by atoms with Gasteiger partial charge in [-0.1, -0.05) is 66.7 Å². The van der Waals surface area contributed by atoms with Crippen LogP contribution in [0.3, 0.4) is 0 Å². The SMILES string of the molecule is OB(O)c1ccc(F)c(N(Cc2ccccc2)Cc2ccccc2)c1. The number of rotatable bonds is 6. The normalized spacial score (nSPS) is 10.5. The van der Waals surface area contributed by atoms with E-state index in [0.29, 0.717) is 18.8 Å². The van der Waals surface area contributed by atoms with Gasteiger partial charge in [-0.15, -0.1) is 0 Å². The number of hydrogen-bond donors (Lipinski definition) is 2. The second-order valence-electron chi connectivity index (χ2n) is 5.91. The fourth-order valence-electron chi connectivity index (χ4n) is 2.77. The maximum atomic E-state index is 14.5. The summed E-state index contributed by atoms with van der Waals surface area (Å²) in [5.41, 5.74) is 2.71. The van der Waals surface area contributed by atoms with Crippen molar-refractivity contribution in [2.75, 3.05) is 4.90 Å². The highest BCUT2D eigenvalue weighted by Crippen LogP contribution is 2.23. The average Bonchev–Trinajstić information content (AvgIpc) is 2.63. The lowest BCUT2D eigenvalue weighted by molar-refractivity contribution is 0.425. The molecule has 5 heteroatoms. The van der Waals surface area contributed by atoms with E-state index in [1.807, 2.05) is 65.6 Å². The summed E-state index contributed by atoms with van der Waals surface area (Å²) in [5.74, 6) is -0.392. The minimum Gasteiger partial charge on any atom is -0.423 e. The largest absolute Gasteiger partial charge is 0.488 e. The Morgan fingerprint density at radius 3 is 1.76 bits per heavy atom. The van der Waals surface area contributed by atoms with Crippen molar-refractivity contribution in [3.05, 3.63) is 95.8 Å². The zero-order chi connectivity index (χ0) is 17.6. The first-order valence-electron chi connectivity index (χ1n) is 8.12. The van der Waals surface area contributed by atoms with Crippen LogP contribution in [0, 0.1) is 5.82 Å². The van der Waals surface area contributed by atoms with Crippen LogP contribution < -0.4 is 10.4 Å². The molecule has 0 saturated carbocycles. The molecular weight excluding hydrogens is 316 g/mol. The summed E-state index contributed by atoms with van der Waals surface area (Å²) in [5, 5.41) is 18.8. The predicted molar refractivity (Wildman–Crippen MR) is 99.0 cm³/mol. The molecule has 126 valence electrons. The maximum Gasteiger partial charge on any atom is 0.488 e. The summed E-state index contributed by atoms with van der Waals surface area (Å²) in [7, 11) is -1.63. The molecule has 0 radical (unpaired) electrons. The Kier molecular flexibility index (Phi) is 5.48. The molecule has 0 unspecified atom stereocenters. The Morgan fingerprint density at radius 1 is 0.760 bits per heavy atom. The van der Waals surface area contributed by atoms with Crippen LogP contribution in [0.1, 0.15) is 11.1 Å². The molecule has 0 bridgehead atoms. The van der Waals surface area contributed by atoms with Gasteiger partial charge in [-0.2, -0.15) is 0 Å². The molecule has 3 aromatic carbocycles. The standard InChI is InChI=1S/C20H19BFNO2/c22-19-12-11-18(21(24)25)13-20(19)23(14-16-7-3-1-4-8-16)15-17-9-5-2-6-10-17/h1-13,24-25H,14-15H2. The van der Waals surface area contributed by atoms with Crippen LogP contribution in [0.25, 0.3) is 0 Å². The van der Waals surface area contributed by atoms with Gasteiger partial charge in [0.1, 0.15) is 5.82 Å². The van der Waals surface area contributed by atoms with Crippen molar-refractivity contribution >= 4 is 18.3 Å². The fraction of sp³-hybridized carbons (Fsp3) is 0.100. The second kappa shape index (κ2) is 7.97. The number of nitrogens with zero attached hydrogens (tertiary/aromatic N) is 1. The Morgan fingerprint density at radius 2 is 1.28 bits per heavy atom. The van der Waals surface area contributed by atoms with E-state index >= 15 is 0 Å². The summed E-state index contributed by atoms with van der Waals surface area (Å²) in [4.78, 5) is 1.89. The molecule has 2 N–H and O–H groups in total. The van der Waals surface area contributed by atoms with Crippen molar-refractivity contribution in [3.8, 4) is 0 Å². The predicted octanol–water partition coefficient (Wildman–Crippen LogP) is 2.71. The lowest BCUT2D eigenvalue weighted by Gasteiger charge is -2.26. The van der Waals surface area contributed by atoms with E-state index in [2.05, 4.69) is 0 Å². The average molecular weight is 335 g/mol. The van der Waals surface area contributed by atoms with Crippen LogP contribution in [0.5, 0.6) is 0 Å². The minimum atomic E-state index is -1.63. The van der Waals surface area contributed by atoms with Crippen molar-refractivity contribution < 1.29 is 14.4 Å². The maximum absolute atomic E-state index is 14.5. The molecule has 0 saturated heterocycles. The van der Waals surface area contributed by atoms with E-state index in [1.54, 1.807) is 0 Å². The fourth-order valence-corrected chi connectivity index (χ4v) is 2.77. The summed E-state index contributed by atoms with van der Waals surface area (Å²) in [6, 6.07) is 23.7. The highest BCUT2D eigenvalue weighted by molar-refractivity contribution is 6.58. The van der Waals surface area contributed by atoms with Gasteiger partial charge in [-0.25, -0.2) is 4.39 Å². The molecule has 0 aliphatic rings. The molecule has 0 amide bonds. The van der Waals surface area contributed by atoms with E-state index in [9.17, 15) is 14.4 Å². The van der Waals surface area contributed by atoms with Crippen molar-refractivity contribution in [1.29, 1.82) is 0 Å². The van der Waals surface area contributed by atoms with Crippen LogP contribution in [0.2, 0.25) is 0 Å². The van der Waals surface area contributed by atoms with Gasteiger partial charge in [0.05, 0.1) is 5.69 Å². The van der Waals surface area contributed by atoms with Crippen molar-refractivity contribution in [1.82, 2.24) is 0 Å². The molecule has 0 aliphatic heterocycles. The van der Waals surface area contributed by atoms with Gasteiger partial charge < -0.3 is 14.9 Å². The topological polar surface area (TPSA) is 43.7 Å². The zero-order valence-corrected chi connectivity index (χ0v) is 13.7. The van der Waals surface area contributed by atoms with Gasteiger partial charge >= 0.3 is 7.12 Å². The number of hydrogen-bond acceptors (Lipinski definition) is 3. The van der Waals surface area contributed by atoms with Gasteiger partial charge in [-0.05, 0) is 28.7 Å². The summed E-state index contributed by atoms with van der Waals surface area (Å²) < 4.78 is 14.5. The molecule has 25 heavy (non-hydrogen) atoms. The van der Waals surface area contributed by atoms with Crippen LogP contribution in [-0.4, -0.2) is 17.2 Å². The van der Waals surface area contributed by atoms with E-state index in [4.69, 9.17) is 0 Å².